The van der Waals surface area contributed by atoms with Gasteiger partial charge in [0.1, 0.15) is 11.3 Å². The minimum absolute atomic E-state index is 0.0230. The van der Waals surface area contributed by atoms with Crippen LogP contribution in [-0.2, 0) is 0 Å². The summed E-state index contributed by atoms with van der Waals surface area (Å²) >= 11 is 3.33. The number of carbonyl (C=O) groups excluding carboxylic acids is 1. The fourth-order valence-electron chi connectivity index (χ4n) is 2.91. The summed E-state index contributed by atoms with van der Waals surface area (Å²) in [4.78, 5) is 19.8. The second-order valence-corrected chi connectivity index (χ2v) is 7.38. The van der Waals surface area contributed by atoms with Crippen molar-refractivity contribution < 1.29 is 13.9 Å². The number of anilines is 1. The maximum absolute atomic E-state index is 12.8. The minimum atomic E-state index is -0.239. The third-order valence-corrected chi connectivity index (χ3v) is 4.54. The molecule has 1 amide bonds. The third kappa shape index (κ3) is 3.80. The van der Waals surface area contributed by atoms with Crippen molar-refractivity contribution in [2.45, 2.75) is 20.0 Å². The van der Waals surface area contributed by atoms with E-state index < -0.39 is 0 Å². The molecule has 0 bridgehead atoms. The van der Waals surface area contributed by atoms with Gasteiger partial charge in [0.25, 0.3) is 5.91 Å². The lowest BCUT2D eigenvalue weighted by Crippen LogP contribution is -2.13. The van der Waals surface area contributed by atoms with Crippen LogP contribution >= 0.6 is 15.9 Å². The van der Waals surface area contributed by atoms with Gasteiger partial charge in [0.15, 0.2) is 4.67 Å². The number of halogens is 1. The van der Waals surface area contributed by atoms with Crippen LogP contribution in [0.1, 0.15) is 24.2 Å². The SMILES string of the molecule is CC(C)Oc1cc(C(=O)Nc2ccc(-c3cnc[nH]3)cc2)cc2oc(Br)cc12. The van der Waals surface area contributed by atoms with Crippen molar-refractivity contribution in [2.75, 3.05) is 5.32 Å². The molecule has 0 saturated heterocycles. The van der Waals surface area contributed by atoms with Gasteiger partial charge in [-0.2, -0.15) is 0 Å². The van der Waals surface area contributed by atoms with Crippen molar-refractivity contribution >= 4 is 38.5 Å². The molecule has 2 aromatic heterocycles. The quantitative estimate of drug-likeness (QED) is 0.422. The van der Waals surface area contributed by atoms with Gasteiger partial charge in [-0.05, 0) is 59.6 Å². The second kappa shape index (κ2) is 7.52. The molecule has 0 atom stereocenters. The molecule has 0 radical (unpaired) electrons. The number of amides is 1. The smallest absolute Gasteiger partial charge is 0.255 e. The topological polar surface area (TPSA) is 80.1 Å². The van der Waals surface area contributed by atoms with Gasteiger partial charge in [0.05, 0.1) is 29.7 Å². The van der Waals surface area contributed by atoms with Gasteiger partial charge in [-0.1, -0.05) is 12.1 Å². The van der Waals surface area contributed by atoms with Crippen LogP contribution in [-0.4, -0.2) is 22.0 Å². The number of hydrogen-bond acceptors (Lipinski definition) is 4. The van der Waals surface area contributed by atoms with E-state index in [1.807, 2.05) is 44.2 Å². The zero-order valence-corrected chi connectivity index (χ0v) is 16.9. The Kier molecular flexibility index (Phi) is 4.92. The first-order chi connectivity index (χ1) is 13.5. The fraction of sp³-hybridized carbons (Fsp3) is 0.143. The minimum Gasteiger partial charge on any atom is -0.490 e. The summed E-state index contributed by atoms with van der Waals surface area (Å²) < 4.78 is 12.1. The Labute approximate surface area is 170 Å². The van der Waals surface area contributed by atoms with Crippen LogP contribution in [0.3, 0.4) is 0 Å². The van der Waals surface area contributed by atoms with Gasteiger partial charge in [-0.15, -0.1) is 0 Å². The number of aromatic amines is 1. The van der Waals surface area contributed by atoms with Crippen LogP contribution in [0.4, 0.5) is 5.69 Å². The molecular weight excluding hydrogens is 422 g/mol. The van der Waals surface area contributed by atoms with Crippen LogP contribution in [0.25, 0.3) is 22.2 Å². The number of nitrogens with one attached hydrogen (secondary N) is 2. The number of imidazole rings is 1. The number of rotatable bonds is 5. The van der Waals surface area contributed by atoms with E-state index in [0.717, 1.165) is 16.6 Å². The van der Waals surface area contributed by atoms with Crippen LogP contribution in [0, 0.1) is 0 Å². The highest BCUT2D eigenvalue weighted by Crippen LogP contribution is 2.33. The predicted molar refractivity (Wildman–Crippen MR) is 112 cm³/mol. The van der Waals surface area contributed by atoms with Crippen molar-refractivity contribution in [1.82, 2.24) is 9.97 Å². The summed E-state index contributed by atoms with van der Waals surface area (Å²) in [6.45, 7) is 3.88. The lowest BCUT2D eigenvalue weighted by molar-refractivity contribution is 0.102. The summed E-state index contributed by atoms with van der Waals surface area (Å²) in [7, 11) is 0. The third-order valence-electron chi connectivity index (χ3n) is 4.15. The van der Waals surface area contributed by atoms with E-state index in [9.17, 15) is 4.79 Å². The molecule has 0 fully saturated rings. The molecule has 2 N–H and O–H groups in total. The number of nitrogens with zero attached hydrogens (tertiary/aromatic N) is 1. The van der Waals surface area contributed by atoms with Crippen LogP contribution in [0.5, 0.6) is 5.75 Å². The zero-order chi connectivity index (χ0) is 19.7. The highest BCUT2D eigenvalue weighted by atomic mass is 79.9. The van der Waals surface area contributed by atoms with Crippen LogP contribution in [0.2, 0.25) is 0 Å². The average Bonchev–Trinajstić information content (AvgIpc) is 3.31. The van der Waals surface area contributed by atoms with Gasteiger partial charge in [0.2, 0.25) is 0 Å². The number of carbonyl (C=O) groups is 1. The van der Waals surface area contributed by atoms with Gasteiger partial charge < -0.3 is 19.5 Å². The predicted octanol–water partition coefficient (Wildman–Crippen LogP) is 5.62. The van der Waals surface area contributed by atoms with Crippen molar-refractivity contribution in [3.8, 4) is 17.0 Å². The maximum Gasteiger partial charge on any atom is 0.255 e. The molecule has 6 nitrogen and oxygen atoms in total. The molecule has 0 saturated carbocycles. The molecule has 0 aliphatic carbocycles. The number of aromatic nitrogens is 2. The largest absolute Gasteiger partial charge is 0.490 e. The Morgan fingerprint density at radius 1 is 1.21 bits per heavy atom. The summed E-state index contributed by atoms with van der Waals surface area (Å²) in [5.74, 6) is 0.374. The van der Waals surface area contributed by atoms with Gasteiger partial charge in [-0.3, -0.25) is 4.79 Å². The van der Waals surface area contributed by atoms with E-state index in [1.165, 1.54) is 0 Å². The molecule has 4 aromatic rings. The molecular formula is C21H18BrN3O3. The van der Waals surface area contributed by atoms with Gasteiger partial charge >= 0.3 is 0 Å². The van der Waals surface area contributed by atoms with E-state index in [2.05, 4.69) is 31.2 Å². The van der Waals surface area contributed by atoms with Crippen molar-refractivity contribution in [1.29, 1.82) is 0 Å². The average molecular weight is 440 g/mol. The first-order valence-corrected chi connectivity index (χ1v) is 9.59. The zero-order valence-electron chi connectivity index (χ0n) is 15.3. The number of fused-ring (bicyclic) bond motifs is 1. The van der Waals surface area contributed by atoms with Crippen molar-refractivity contribution in [2.24, 2.45) is 0 Å². The molecule has 142 valence electrons. The monoisotopic (exact) mass is 439 g/mol. The number of H-pyrrole nitrogens is 1. The first kappa shape index (κ1) is 18.3. The molecule has 2 heterocycles. The summed E-state index contributed by atoms with van der Waals surface area (Å²) in [5, 5.41) is 3.73. The van der Waals surface area contributed by atoms with Crippen LogP contribution < -0.4 is 10.1 Å². The lowest BCUT2D eigenvalue weighted by Gasteiger charge is -2.12. The Balaban J connectivity index is 1.60. The van der Waals surface area contributed by atoms with E-state index in [0.29, 0.717) is 27.3 Å². The number of hydrogen-bond donors (Lipinski definition) is 2. The number of benzene rings is 2. The fourth-order valence-corrected chi connectivity index (χ4v) is 3.31. The van der Waals surface area contributed by atoms with Crippen molar-refractivity contribution in [3.05, 3.63) is 65.2 Å². The second-order valence-electron chi connectivity index (χ2n) is 6.60. The van der Waals surface area contributed by atoms with Crippen molar-refractivity contribution in [3.63, 3.8) is 0 Å². The standard InChI is InChI=1S/C21H18BrN3O3/c1-12(2)27-18-7-14(8-19-16(18)9-20(22)28-19)21(26)25-15-5-3-13(4-6-15)17-10-23-11-24-17/h3-12H,1-2H3,(H,23,24)(H,25,26). The summed E-state index contributed by atoms with van der Waals surface area (Å²) in [6.07, 6.45) is 3.36. The molecule has 2 aromatic carbocycles. The summed E-state index contributed by atoms with van der Waals surface area (Å²) in [6, 6.07) is 12.8. The Bertz CT molecular complexity index is 1120. The van der Waals surface area contributed by atoms with E-state index in [1.54, 1.807) is 24.7 Å². The van der Waals surface area contributed by atoms with E-state index in [4.69, 9.17) is 9.15 Å². The Hall–Kier alpha value is -3.06. The number of ether oxygens (including phenoxy) is 1. The molecule has 28 heavy (non-hydrogen) atoms. The molecule has 0 unspecified atom stereocenters. The molecule has 0 spiro atoms. The molecule has 7 heteroatoms. The highest BCUT2D eigenvalue weighted by molar-refractivity contribution is 9.10. The molecule has 4 rings (SSSR count). The van der Waals surface area contributed by atoms with Crippen LogP contribution in [0.15, 0.2) is 64.1 Å². The summed E-state index contributed by atoms with van der Waals surface area (Å²) in [5.41, 5.74) is 3.65. The van der Waals surface area contributed by atoms with Gasteiger partial charge in [0, 0.05) is 17.3 Å². The maximum atomic E-state index is 12.8. The first-order valence-electron chi connectivity index (χ1n) is 8.79. The number of furan rings is 1. The Morgan fingerprint density at radius 2 is 2.00 bits per heavy atom. The molecule has 0 aliphatic rings. The normalized spacial score (nSPS) is 11.1. The van der Waals surface area contributed by atoms with Gasteiger partial charge in [-0.25, -0.2) is 4.98 Å². The highest BCUT2D eigenvalue weighted by Gasteiger charge is 2.16. The Morgan fingerprint density at radius 3 is 2.68 bits per heavy atom. The van der Waals surface area contributed by atoms with E-state index >= 15 is 0 Å². The molecule has 0 aliphatic heterocycles. The van der Waals surface area contributed by atoms with E-state index in [-0.39, 0.29) is 12.0 Å². The lowest BCUT2D eigenvalue weighted by atomic mass is 10.1.